The molecule has 0 aliphatic rings. The molecule has 122 valence electrons. The predicted octanol–water partition coefficient (Wildman–Crippen LogP) is 0.289. The van der Waals surface area contributed by atoms with E-state index in [2.05, 4.69) is 26.0 Å². The monoisotopic (exact) mass is 316 g/mol. The summed E-state index contributed by atoms with van der Waals surface area (Å²) < 4.78 is 0. The first-order chi connectivity index (χ1) is 11.0. The fourth-order valence-corrected chi connectivity index (χ4v) is 1.98. The maximum absolute atomic E-state index is 11.8. The fraction of sp³-hybridized carbons (Fsp3) is 0.400. The van der Waals surface area contributed by atoms with Gasteiger partial charge in [-0.1, -0.05) is 24.3 Å². The van der Waals surface area contributed by atoms with Gasteiger partial charge in [-0.05, 0) is 31.5 Å². The van der Waals surface area contributed by atoms with E-state index >= 15 is 0 Å². The number of benzene rings is 1. The molecular weight excluding hydrogens is 296 g/mol. The lowest BCUT2D eigenvalue weighted by Crippen LogP contribution is -2.40. The number of nitrogens with zero attached hydrogens (tertiary/aromatic N) is 4. The molecule has 0 fully saturated rings. The number of hydrogen-bond donors (Lipinski definition) is 2. The molecule has 0 bridgehead atoms. The quantitative estimate of drug-likeness (QED) is 0.797. The number of hydrogen-bond acceptors (Lipinski definition) is 5. The summed E-state index contributed by atoms with van der Waals surface area (Å²) >= 11 is 0. The third-order valence-corrected chi connectivity index (χ3v) is 3.02. The minimum atomic E-state index is -0.349. The standard InChI is InChI=1S/C15H20N6O2/c1-10(2)17-13(22)8-16-14(23)9-21-19-15(18-20-21)12-7-5-4-6-11(12)3/h4-7,10H,8-9H2,1-3H3,(H,16,23)(H,17,22). The highest BCUT2D eigenvalue weighted by molar-refractivity contribution is 5.84. The lowest BCUT2D eigenvalue weighted by molar-refractivity contribution is -0.126. The molecule has 0 aliphatic carbocycles. The minimum Gasteiger partial charge on any atom is -0.352 e. The van der Waals surface area contributed by atoms with E-state index in [1.807, 2.05) is 45.0 Å². The molecule has 0 aliphatic heterocycles. The second-order valence-electron chi connectivity index (χ2n) is 5.46. The van der Waals surface area contributed by atoms with Gasteiger partial charge < -0.3 is 10.6 Å². The van der Waals surface area contributed by atoms with Crippen molar-refractivity contribution in [1.82, 2.24) is 30.8 Å². The fourth-order valence-electron chi connectivity index (χ4n) is 1.98. The molecule has 8 heteroatoms. The molecule has 2 amide bonds. The Balaban J connectivity index is 1.91. The number of carbonyl (C=O) groups excluding carboxylic acids is 2. The summed E-state index contributed by atoms with van der Waals surface area (Å²) in [7, 11) is 0. The number of aromatic nitrogens is 4. The number of tetrazole rings is 1. The van der Waals surface area contributed by atoms with E-state index in [9.17, 15) is 9.59 Å². The van der Waals surface area contributed by atoms with E-state index in [0.717, 1.165) is 11.1 Å². The van der Waals surface area contributed by atoms with Gasteiger partial charge in [-0.3, -0.25) is 9.59 Å². The van der Waals surface area contributed by atoms with Gasteiger partial charge in [-0.2, -0.15) is 4.80 Å². The first kappa shape index (κ1) is 16.6. The van der Waals surface area contributed by atoms with E-state index in [1.165, 1.54) is 4.80 Å². The van der Waals surface area contributed by atoms with Crippen LogP contribution in [-0.2, 0) is 16.1 Å². The van der Waals surface area contributed by atoms with E-state index in [4.69, 9.17) is 0 Å². The molecule has 1 heterocycles. The Morgan fingerprint density at radius 3 is 2.65 bits per heavy atom. The molecule has 1 aromatic carbocycles. The van der Waals surface area contributed by atoms with Crippen LogP contribution in [0.15, 0.2) is 24.3 Å². The van der Waals surface area contributed by atoms with Crippen LogP contribution >= 0.6 is 0 Å². The highest BCUT2D eigenvalue weighted by Crippen LogP contribution is 2.17. The maximum atomic E-state index is 11.8. The third kappa shape index (κ3) is 4.87. The Hall–Kier alpha value is -2.77. The molecule has 0 saturated heterocycles. The van der Waals surface area contributed by atoms with Gasteiger partial charge in [0, 0.05) is 11.6 Å². The van der Waals surface area contributed by atoms with Crippen LogP contribution in [-0.4, -0.2) is 44.6 Å². The van der Waals surface area contributed by atoms with Crippen molar-refractivity contribution < 1.29 is 9.59 Å². The van der Waals surface area contributed by atoms with Crippen LogP contribution in [0.4, 0.5) is 0 Å². The van der Waals surface area contributed by atoms with Crippen molar-refractivity contribution in [3.8, 4) is 11.4 Å². The highest BCUT2D eigenvalue weighted by Gasteiger charge is 2.11. The topological polar surface area (TPSA) is 102 Å². The molecule has 2 rings (SSSR count). The summed E-state index contributed by atoms with van der Waals surface area (Å²) in [5.74, 6) is -0.119. The van der Waals surface area contributed by atoms with Crippen molar-refractivity contribution in [1.29, 1.82) is 0 Å². The lowest BCUT2D eigenvalue weighted by atomic mass is 10.1. The second kappa shape index (κ2) is 7.48. The molecule has 0 unspecified atom stereocenters. The summed E-state index contributed by atoms with van der Waals surface area (Å²) in [6.45, 7) is 5.50. The predicted molar refractivity (Wildman–Crippen MR) is 84.3 cm³/mol. The number of aryl methyl sites for hydroxylation is 1. The van der Waals surface area contributed by atoms with Crippen LogP contribution in [0, 0.1) is 6.92 Å². The summed E-state index contributed by atoms with van der Waals surface area (Å²) in [6.07, 6.45) is 0. The highest BCUT2D eigenvalue weighted by atomic mass is 16.2. The van der Waals surface area contributed by atoms with Gasteiger partial charge in [-0.15, -0.1) is 10.2 Å². The van der Waals surface area contributed by atoms with Gasteiger partial charge in [0.25, 0.3) is 0 Å². The zero-order chi connectivity index (χ0) is 16.8. The molecule has 0 atom stereocenters. The Bertz CT molecular complexity index is 695. The third-order valence-electron chi connectivity index (χ3n) is 3.02. The molecule has 0 radical (unpaired) electrons. The van der Waals surface area contributed by atoms with Crippen molar-refractivity contribution in [3.63, 3.8) is 0 Å². The lowest BCUT2D eigenvalue weighted by Gasteiger charge is -2.08. The van der Waals surface area contributed by atoms with Gasteiger partial charge in [0.1, 0.15) is 6.54 Å². The zero-order valence-electron chi connectivity index (χ0n) is 13.4. The molecule has 0 saturated carbocycles. The molecular formula is C15H20N6O2. The number of carbonyl (C=O) groups is 2. The Morgan fingerprint density at radius 2 is 1.96 bits per heavy atom. The van der Waals surface area contributed by atoms with E-state index in [-0.39, 0.29) is 30.9 Å². The largest absolute Gasteiger partial charge is 0.352 e. The van der Waals surface area contributed by atoms with Crippen LogP contribution in [0.2, 0.25) is 0 Å². The van der Waals surface area contributed by atoms with Crippen molar-refractivity contribution in [2.45, 2.75) is 33.4 Å². The summed E-state index contributed by atoms with van der Waals surface area (Å²) in [5.41, 5.74) is 1.90. The van der Waals surface area contributed by atoms with E-state index in [1.54, 1.807) is 0 Å². The van der Waals surface area contributed by atoms with Gasteiger partial charge in [-0.25, -0.2) is 0 Å². The molecule has 1 aromatic heterocycles. The van der Waals surface area contributed by atoms with Crippen molar-refractivity contribution in [3.05, 3.63) is 29.8 Å². The van der Waals surface area contributed by atoms with Gasteiger partial charge in [0.15, 0.2) is 0 Å². The average molecular weight is 316 g/mol. The summed E-state index contributed by atoms with van der Waals surface area (Å²) in [5, 5.41) is 17.2. The SMILES string of the molecule is Cc1ccccc1-c1nnn(CC(=O)NCC(=O)NC(C)C)n1. The van der Waals surface area contributed by atoms with Crippen LogP contribution in [0.1, 0.15) is 19.4 Å². The van der Waals surface area contributed by atoms with Gasteiger partial charge >= 0.3 is 0 Å². The van der Waals surface area contributed by atoms with Gasteiger partial charge in [0.05, 0.1) is 6.54 Å². The van der Waals surface area contributed by atoms with Crippen LogP contribution in [0.5, 0.6) is 0 Å². The second-order valence-corrected chi connectivity index (χ2v) is 5.46. The molecule has 23 heavy (non-hydrogen) atoms. The average Bonchev–Trinajstić information content (AvgIpc) is 2.93. The van der Waals surface area contributed by atoms with E-state index < -0.39 is 0 Å². The Morgan fingerprint density at radius 1 is 1.22 bits per heavy atom. The first-order valence-electron chi connectivity index (χ1n) is 7.35. The van der Waals surface area contributed by atoms with Crippen LogP contribution < -0.4 is 10.6 Å². The minimum absolute atomic E-state index is 0.0352. The van der Waals surface area contributed by atoms with Crippen molar-refractivity contribution in [2.75, 3.05) is 6.54 Å². The molecule has 8 nitrogen and oxygen atoms in total. The normalized spacial score (nSPS) is 10.6. The zero-order valence-corrected chi connectivity index (χ0v) is 13.4. The van der Waals surface area contributed by atoms with Crippen molar-refractivity contribution in [2.24, 2.45) is 0 Å². The molecule has 0 spiro atoms. The molecule has 2 N–H and O–H groups in total. The first-order valence-corrected chi connectivity index (χ1v) is 7.35. The Kier molecular flexibility index (Phi) is 5.40. The smallest absolute Gasteiger partial charge is 0.244 e. The van der Waals surface area contributed by atoms with Crippen LogP contribution in [0.3, 0.4) is 0 Å². The van der Waals surface area contributed by atoms with E-state index in [0.29, 0.717) is 5.82 Å². The number of nitrogens with one attached hydrogen (secondary N) is 2. The summed E-state index contributed by atoms with van der Waals surface area (Å²) in [4.78, 5) is 24.5. The van der Waals surface area contributed by atoms with Gasteiger partial charge in [0.2, 0.25) is 17.6 Å². The number of amides is 2. The van der Waals surface area contributed by atoms with Crippen molar-refractivity contribution >= 4 is 11.8 Å². The summed E-state index contributed by atoms with van der Waals surface area (Å²) in [6, 6.07) is 7.71. The van der Waals surface area contributed by atoms with Crippen LogP contribution in [0.25, 0.3) is 11.4 Å². The molecule has 2 aromatic rings. The Labute approximate surface area is 134 Å². The number of rotatable bonds is 6. The maximum Gasteiger partial charge on any atom is 0.244 e.